The van der Waals surface area contributed by atoms with Crippen LogP contribution in [0.2, 0.25) is 0 Å². The predicted octanol–water partition coefficient (Wildman–Crippen LogP) is 2.03. The lowest BCUT2D eigenvalue weighted by Crippen LogP contribution is -2.17. The van der Waals surface area contributed by atoms with Gasteiger partial charge in [0.15, 0.2) is 5.58 Å². The van der Waals surface area contributed by atoms with Crippen LogP contribution in [0.4, 0.5) is 5.69 Å². The van der Waals surface area contributed by atoms with E-state index in [2.05, 4.69) is 21.0 Å². The zero-order valence-electron chi connectivity index (χ0n) is 11.1. The summed E-state index contributed by atoms with van der Waals surface area (Å²) in [6.45, 7) is 2.27. The highest BCUT2D eigenvalue weighted by atomic mass is 79.9. The van der Waals surface area contributed by atoms with E-state index in [1.54, 1.807) is 27.4 Å². The first-order valence-electron chi connectivity index (χ1n) is 6.04. The van der Waals surface area contributed by atoms with Crippen LogP contribution >= 0.6 is 15.9 Å². The van der Waals surface area contributed by atoms with Gasteiger partial charge in [-0.25, -0.2) is 4.79 Å². The van der Waals surface area contributed by atoms with Gasteiger partial charge in [-0.2, -0.15) is 5.10 Å². The summed E-state index contributed by atoms with van der Waals surface area (Å²) in [5.41, 5.74) is 9.35. The molecule has 7 heteroatoms. The molecule has 0 aliphatic carbocycles. The van der Waals surface area contributed by atoms with Gasteiger partial charge in [-0.3, -0.25) is 9.25 Å². The van der Waals surface area contributed by atoms with Gasteiger partial charge in [0.1, 0.15) is 0 Å². The number of aromatic nitrogens is 3. The molecule has 2 aromatic heterocycles. The van der Waals surface area contributed by atoms with Crippen LogP contribution in [-0.4, -0.2) is 14.3 Å². The molecule has 2 N–H and O–H groups in total. The number of fused-ring (bicyclic) bond motifs is 1. The summed E-state index contributed by atoms with van der Waals surface area (Å²) in [5, 5.41) is 4.32. The minimum absolute atomic E-state index is 0.368. The zero-order chi connectivity index (χ0) is 14.4. The Morgan fingerprint density at radius 3 is 2.85 bits per heavy atom. The van der Waals surface area contributed by atoms with E-state index < -0.39 is 5.76 Å². The average Bonchev–Trinajstić information content (AvgIpc) is 2.82. The third-order valence-electron chi connectivity index (χ3n) is 3.26. The maximum absolute atomic E-state index is 12.0. The van der Waals surface area contributed by atoms with Crippen molar-refractivity contribution in [2.75, 3.05) is 5.73 Å². The molecule has 1 aromatic carbocycles. The molecule has 0 aliphatic heterocycles. The quantitative estimate of drug-likeness (QED) is 0.726. The maximum atomic E-state index is 12.0. The molecule has 3 aromatic rings. The number of halogens is 1. The van der Waals surface area contributed by atoms with Gasteiger partial charge in [0.2, 0.25) is 0 Å². The topological polar surface area (TPSA) is 79.0 Å². The lowest BCUT2D eigenvalue weighted by atomic mass is 10.3. The molecule has 0 saturated carbocycles. The molecule has 2 heterocycles. The normalized spacial score (nSPS) is 11.3. The molecule has 0 unspecified atom stereocenters. The van der Waals surface area contributed by atoms with Crippen LogP contribution < -0.4 is 11.5 Å². The largest absolute Gasteiger partial charge is 0.420 e. The number of rotatable bonds is 2. The summed E-state index contributed by atoms with van der Waals surface area (Å²) < 4.78 is 9.41. The van der Waals surface area contributed by atoms with Crippen molar-refractivity contribution in [3.63, 3.8) is 0 Å². The summed E-state index contributed by atoms with van der Waals surface area (Å²) in [5.74, 6) is -0.406. The van der Waals surface area contributed by atoms with Crippen molar-refractivity contribution in [1.82, 2.24) is 14.3 Å². The number of anilines is 1. The summed E-state index contributed by atoms with van der Waals surface area (Å²) >= 11 is 3.50. The van der Waals surface area contributed by atoms with E-state index in [9.17, 15) is 4.79 Å². The lowest BCUT2D eigenvalue weighted by Gasteiger charge is -2.04. The first-order valence-corrected chi connectivity index (χ1v) is 6.83. The average molecular weight is 337 g/mol. The zero-order valence-corrected chi connectivity index (χ0v) is 12.6. The van der Waals surface area contributed by atoms with Crippen LogP contribution in [0.15, 0.2) is 31.9 Å². The van der Waals surface area contributed by atoms with Crippen molar-refractivity contribution >= 4 is 32.7 Å². The van der Waals surface area contributed by atoms with Crippen LogP contribution in [0, 0.1) is 6.92 Å². The van der Waals surface area contributed by atoms with Crippen LogP contribution in [0.3, 0.4) is 0 Å². The molecule has 3 rings (SSSR count). The molecule has 0 fully saturated rings. The Morgan fingerprint density at radius 2 is 2.20 bits per heavy atom. The van der Waals surface area contributed by atoms with Gasteiger partial charge >= 0.3 is 5.76 Å². The number of oxazole rings is 1. The molecule has 0 spiro atoms. The van der Waals surface area contributed by atoms with Crippen molar-refractivity contribution in [3.8, 4) is 0 Å². The van der Waals surface area contributed by atoms with E-state index in [-0.39, 0.29) is 0 Å². The Balaban J connectivity index is 2.17. The summed E-state index contributed by atoms with van der Waals surface area (Å²) in [4.78, 5) is 12.0. The molecule has 6 nitrogen and oxygen atoms in total. The molecule has 0 aliphatic rings. The molecular weight excluding hydrogens is 324 g/mol. The number of aryl methyl sites for hydroxylation is 2. The maximum Gasteiger partial charge on any atom is 0.420 e. The van der Waals surface area contributed by atoms with E-state index in [4.69, 9.17) is 10.2 Å². The molecule has 0 amide bonds. The van der Waals surface area contributed by atoms with Gasteiger partial charge < -0.3 is 10.2 Å². The molecule has 20 heavy (non-hydrogen) atoms. The molecule has 0 atom stereocenters. The van der Waals surface area contributed by atoms with Crippen LogP contribution in [0.25, 0.3) is 11.1 Å². The summed E-state index contributed by atoms with van der Waals surface area (Å²) in [7, 11) is 1.84. The molecule has 0 radical (unpaired) electrons. The first kappa shape index (κ1) is 13.0. The number of benzene rings is 1. The lowest BCUT2D eigenvalue weighted by molar-refractivity contribution is 0.511. The van der Waals surface area contributed by atoms with Crippen molar-refractivity contribution in [2.45, 2.75) is 13.5 Å². The van der Waals surface area contributed by atoms with E-state index in [0.29, 0.717) is 23.3 Å². The van der Waals surface area contributed by atoms with Crippen LogP contribution in [0.1, 0.15) is 11.4 Å². The Bertz CT molecular complexity index is 859. The van der Waals surface area contributed by atoms with Crippen LogP contribution in [0.5, 0.6) is 0 Å². The SMILES string of the molecule is Cc1nn(C)c(Cn2c(=O)oc3ccc(N)cc32)c1Br. The summed E-state index contributed by atoms with van der Waals surface area (Å²) in [6.07, 6.45) is 0. The highest BCUT2D eigenvalue weighted by Crippen LogP contribution is 2.23. The molecular formula is C13H13BrN4O2. The number of hydrogen-bond acceptors (Lipinski definition) is 4. The van der Waals surface area contributed by atoms with E-state index >= 15 is 0 Å². The van der Waals surface area contributed by atoms with Crippen molar-refractivity contribution in [3.05, 3.63) is 44.6 Å². The van der Waals surface area contributed by atoms with Gasteiger partial charge in [-0.15, -0.1) is 0 Å². The monoisotopic (exact) mass is 336 g/mol. The molecule has 104 valence electrons. The Morgan fingerprint density at radius 1 is 1.45 bits per heavy atom. The Kier molecular flexibility index (Phi) is 2.93. The molecule has 0 saturated heterocycles. The fraction of sp³-hybridized carbons (Fsp3) is 0.231. The van der Waals surface area contributed by atoms with Crippen molar-refractivity contribution < 1.29 is 4.42 Å². The smallest absolute Gasteiger partial charge is 0.408 e. The van der Waals surface area contributed by atoms with E-state index in [1.807, 2.05) is 14.0 Å². The summed E-state index contributed by atoms with van der Waals surface area (Å²) in [6, 6.07) is 5.14. The van der Waals surface area contributed by atoms with Crippen molar-refractivity contribution in [1.29, 1.82) is 0 Å². The van der Waals surface area contributed by atoms with Crippen molar-refractivity contribution in [2.24, 2.45) is 7.05 Å². The van der Waals surface area contributed by atoms with Gasteiger partial charge in [-0.05, 0) is 41.1 Å². The Hall–Kier alpha value is -2.02. The number of nitrogen functional groups attached to an aromatic ring is 1. The minimum Gasteiger partial charge on any atom is -0.408 e. The highest BCUT2D eigenvalue weighted by molar-refractivity contribution is 9.10. The predicted molar refractivity (Wildman–Crippen MR) is 79.6 cm³/mol. The van der Waals surface area contributed by atoms with Gasteiger partial charge in [0, 0.05) is 12.7 Å². The highest BCUT2D eigenvalue weighted by Gasteiger charge is 2.15. The second-order valence-corrected chi connectivity index (χ2v) is 5.44. The van der Waals surface area contributed by atoms with Crippen LogP contribution in [-0.2, 0) is 13.6 Å². The minimum atomic E-state index is -0.406. The molecule has 0 bridgehead atoms. The number of hydrogen-bond donors (Lipinski definition) is 1. The first-order chi connectivity index (χ1) is 9.47. The number of nitrogens with zero attached hydrogens (tertiary/aromatic N) is 3. The fourth-order valence-electron chi connectivity index (χ4n) is 2.23. The Labute approximate surface area is 122 Å². The standard InChI is InChI=1S/C13H13BrN4O2/c1-7-12(14)10(17(2)16-7)6-18-9-5-8(15)3-4-11(9)20-13(18)19/h3-5H,6,15H2,1-2H3. The van der Waals surface area contributed by atoms with Gasteiger partial charge in [0.25, 0.3) is 0 Å². The van der Waals surface area contributed by atoms with Gasteiger partial charge in [-0.1, -0.05) is 0 Å². The second-order valence-electron chi connectivity index (χ2n) is 4.65. The fourth-order valence-corrected chi connectivity index (χ4v) is 2.69. The third-order valence-corrected chi connectivity index (χ3v) is 4.29. The van der Waals surface area contributed by atoms with E-state index in [0.717, 1.165) is 15.9 Å². The third kappa shape index (κ3) is 1.94. The number of nitrogens with two attached hydrogens (primary N) is 1. The van der Waals surface area contributed by atoms with Gasteiger partial charge in [0.05, 0.1) is 27.9 Å². The second kappa shape index (κ2) is 4.52. The van der Waals surface area contributed by atoms with E-state index in [1.165, 1.54) is 0 Å².